The standard InChI is InChI=1S/C14H13N3O4/c1-8-5-10(3-4-11(8)14(18)19)16-13-6-9(2)12(7-15-13)17(20)21/h3-7H,1-2H3,(H,15,16)(H,18,19). The number of nitro groups is 1. The molecule has 0 aliphatic heterocycles. The number of nitrogens with one attached hydrogen (secondary N) is 1. The normalized spacial score (nSPS) is 10.2. The fourth-order valence-corrected chi connectivity index (χ4v) is 1.94. The molecule has 0 amide bonds. The molecule has 1 aromatic carbocycles. The van der Waals surface area contributed by atoms with Gasteiger partial charge in [-0.1, -0.05) is 0 Å². The number of rotatable bonds is 4. The highest BCUT2D eigenvalue weighted by Crippen LogP contribution is 2.23. The van der Waals surface area contributed by atoms with Gasteiger partial charge < -0.3 is 10.4 Å². The lowest BCUT2D eigenvalue weighted by Crippen LogP contribution is -2.01. The quantitative estimate of drug-likeness (QED) is 0.661. The van der Waals surface area contributed by atoms with Gasteiger partial charge in [0.05, 0.1) is 10.5 Å². The highest BCUT2D eigenvalue weighted by molar-refractivity contribution is 5.90. The van der Waals surface area contributed by atoms with Crippen molar-refractivity contribution < 1.29 is 14.8 Å². The number of aromatic carboxylic acids is 1. The molecule has 0 saturated heterocycles. The zero-order chi connectivity index (χ0) is 15.6. The Morgan fingerprint density at radius 3 is 2.52 bits per heavy atom. The molecule has 108 valence electrons. The third-order valence-electron chi connectivity index (χ3n) is 3.01. The van der Waals surface area contributed by atoms with E-state index in [-0.39, 0.29) is 11.3 Å². The Labute approximate surface area is 120 Å². The van der Waals surface area contributed by atoms with Crippen LogP contribution in [0, 0.1) is 24.0 Å². The van der Waals surface area contributed by atoms with Crippen molar-refractivity contribution >= 4 is 23.2 Å². The molecule has 2 aromatic rings. The van der Waals surface area contributed by atoms with Crippen LogP contribution in [-0.2, 0) is 0 Å². The number of carbonyl (C=O) groups is 1. The summed E-state index contributed by atoms with van der Waals surface area (Å²) in [5, 5.41) is 22.7. The highest BCUT2D eigenvalue weighted by atomic mass is 16.6. The van der Waals surface area contributed by atoms with Crippen LogP contribution in [0.5, 0.6) is 0 Å². The minimum absolute atomic E-state index is 0.0436. The van der Waals surface area contributed by atoms with Crippen molar-refractivity contribution in [2.45, 2.75) is 13.8 Å². The number of pyridine rings is 1. The Bertz CT molecular complexity index is 667. The Morgan fingerprint density at radius 1 is 1.29 bits per heavy atom. The predicted octanol–water partition coefficient (Wildman–Crippen LogP) is 3.05. The first kappa shape index (κ1) is 14.4. The van der Waals surface area contributed by atoms with Crippen LogP contribution in [0.3, 0.4) is 0 Å². The van der Waals surface area contributed by atoms with Crippen LogP contribution in [0.25, 0.3) is 0 Å². The molecule has 0 aliphatic carbocycles. The molecule has 0 fully saturated rings. The van der Waals surface area contributed by atoms with Gasteiger partial charge in [-0.15, -0.1) is 0 Å². The summed E-state index contributed by atoms with van der Waals surface area (Å²) in [7, 11) is 0. The second-order valence-electron chi connectivity index (χ2n) is 4.57. The zero-order valence-corrected chi connectivity index (χ0v) is 11.5. The molecule has 0 spiro atoms. The lowest BCUT2D eigenvalue weighted by molar-refractivity contribution is -0.385. The summed E-state index contributed by atoms with van der Waals surface area (Å²) < 4.78 is 0. The molecule has 0 aliphatic rings. The number of hydrogen-bond acceptors (Lipinski definition) is 5. The predicted molar refractivity (Wildman–Crippen MR) is 77.0 cm³/mol. The van der Waals surface area contributed by atoms with Crippen LogP contribution in [0.4, 0.5) is 17.2 Å². The molecular formula is C14H13N3O4. The van der Waals surface area contributed by atoms with Crippen molar-refractivity contribution in [3.05, 3.63) is 57.3 Å². The van der Waals surface area contributed by atoms with E-state index in [2.05, 4.69) is 10.3 Å². The molecule has 2 N–H and O–H groups in total. The van der Waals surface area contributed by atoms with Gasteiger partial charge >= 0.3 is 5.97 Å². The molecular weight excluding hydrogens is 274 g/mol. The van der Waals surface area contributed by atoms with E-state index < -0.39 is 10.9 Å². The fourth-order valence-electron chi connectivity index (χ4n) is 1.94. The lowest BCUT2D eigenvalue weighted by atomic mass is 10.1. The third-order valence-corrected chi connectivity index (χ3v) is 3.01. The molecule has 1 aromatic heterocycles. The summed E-state index contributed by atoms with van der Waals surface area (Å²) >= 11 is 0. The maximum absolute atomic E-state index is 10.9. The number of carboxylic acid groups (broad SMARTS) is 1. The van der Waals surface area contributed by atoms with E-state index in [4.69, 9.17) is 5.11 Å². The van der Waals surface area contributed by atoms with Crippen molar-refractivity contribution in [2.75, 3.05) is 5.32 Å². The summed E-state index contributed by atoms with van der Waals surface area (Å²) in [6.45, 7) is 3.33. The van der Waals surface area contributed by atoms with Gasteiger partial charge in [0, 0.05) is 11.3 Å². The van der Waals surface area contributed by atoms with Crippen molar-refractivity contribution in [3.8, 4) is 0 Å². The van der Waals surface area contributed by atoms with E-state index in [1.54, 1.807) is 32.0 Å². The molecule has 7 nitrogen and oxygen atoms in total. The van der Waals surface area contributed by atoms with Crippen LogP contribution in [0.2, 0.25) is 0 Å². The molecule has 2 rings (SSSR count). The average molecular weight is 287 g/mol. The largest absolute Gasteiger partial charge is 0.478 e. The van der Waals surface area contributed by atoms with Gasteiger partial charge in [-0.2, -0.15) is 0 Å². The summed E-state index contributed by atoms with van der Waals surface area (Å²) in [4.78, 5) is 25.2. The summed E-state index contributed by atoms with van der Waals surface area (Å²) in [5.41, 5.74) is 1.96. The Balaban J connectivity index is 2.26. The van der Waals surface area contributed by atoms with E-state index in [9.17, 15) is 14.9 Å². The Hall–Kier alpha value is -2.96. The number of nitrogens with zero attached hydrogens (tertiary/aromatic N) is 2. The SMILES string of the molecule is Cc1cc(Nc2cc(C)c([N+](=O)[O-])cn2)ccc1C(=O)O. The molecule has 0 bridgehead atoms. The number of hydrogen-bond donors (Lipinski definition) is 2. The van der Waals surface area contributed by atoms with Gasteiger partial charge in [-0.25, -0.2) is 9.78 Å². The van der Waals surface area contributed by atoms with Crippen molar-refractivity contribution in [1.29, 1.82) is 0 Å². The molecule has 1 heterocycles. The first-order chi connectivity index (χ1) is 9.88. The monoisotopic (exact) mass is 287 g/mol. The zero-order valence-electron chi connectivity index (χ0n) is 11.5. The second kappa shape index (κ2) is 5.58. The topological polar surface area (TPSA) is 105 Å². The average Bonchev–Trinajstić information content (AvgIpc) is 2.37. The molecule has 7 heteroatoms. The number of aromatic nitrogens is 1. The molecule has 0 radical (unpaired) electrons. The van der Waals surface area contributed by atoms with Crippen LogP contribution >= 0.6 is 0 Å². The maximum Gasteiger partial charge on any atom is 0.335 e. The summed E-state index contributed by atoms with van der Waals surface area (Å²) in [6, 6.07) is 6.37. The van der Waals surface area contributed by atoms with Crippen LogP contribution < -0.4 is 5.32 Å². The second-order valence-corrected chi connectivity index (χ2v) is 4.57. The molecule has 0 unspecified atom stereocenters. The lowest BCUT2D eigenvalue weighted by Gasteiger charge is -2.08. The smallest absolute Gasteiger partial charge is 0.335 e. The van der Waals surface area contributed by atoms with Gasteiger partial charge in [0.25, 0.3) is 5.69 Å². The van der Waals surface area contributed by atoms with Crippen molar-refractivity contribution in [1.82, 2.24) is 4.98 Å². The molecule has 0 atom stereocenters. The first-order valence-electron chi connectivity index (χ1n) is 6.10. The van der Waals surface area contributed by atoms with Crippen LogP contribution in [-0.4, -0.2) is 21.0 Å². The number of benzene rings is 1. The van der Waals surface area contributed by atoms with Crippen LogP contribution in [0.15, 0.2) is 30.5 Å². The number of carboxylic acids is 1. The summed E-state index contributed by atoms with van der Waals surface area (Å²) in [6.07, 6.45) is 1.19. The van der Waals surface area contributed by atoms with Gasteiger partial charge in [-0.05, 0) is 43.7 Å². The minimum atomic E-state index is -0.983. The van der Waals surface area contributed by atoms with Gasteiger partial charge in [0.15, 0.2) is 0 Å². The van der Waals surface area contributed by atoms with Gasteiger partial charge in [0.1, 0.15) is 12.0 Å². The van der Waals surface area contributed by atoms with E-state index in [0.29, 0.717) is 22.6 Å². The molecule has 21 heavy (non-hydrogen) atoms. The third kappa shape index (κ3) is 3.14. The number of aryl methyl sites for hydroxylation is 2. The maximum atomic E-state index is 10.9. The summed E-state index contributed by atoms with van der Waals surface area (Å²) in [5.74, 6) is -0.524. The van der Waals surface area contributed by atoms with Gasteiger partial charge in [-0.3, -0.25) is 10.1 Å². The number of anilines is 2. The minimum Gasteiger partial charge on any atom is -0.478 e. The van der Waals surface area contributed by atoms with E-state index in [0.717, 1.165) is 0 Å². The Kier molecular flexibility index (Phi) is 3.84. The fraction of sp³-hybridized carbons (Fsp3) is 0.143. The first-order valence-corrected chi connectivity index (χ1v) is 6.10. The van der Waals surface area contributed by atoms with Crippen molar-refractivity contribution in [2.24, 2.45) is 0 Å². The van der Waals surface area contributed by atoms with E-state index >= 15 is 0 Å². The van der Waals surface area contributed by atoms with E-state index in [1.165, 1.54) is 12.3 Å². The highest BCUT2D eigenvalue weighted by Gasteiger charge is 2.12. The van der Waals surface area contributed by atoms with Gasteiger partial charge in [0.2, 0.25) is 0 Å². The molecule has 0 saturated carbocycles. The Morgan fingerprint density at radius 2 is 2.00 bits per heavy atom. The van der Waals surface area contributed by atoms with Crippen molar-refractivity contribution in [3.63, 3.8) is 0 Å². The van der Waals surface area contributed by atoms with E-state index in [1.807, 2.05) is 0 Å². The van der Waals surface area contributed by atoms with Crippen LogP contribution in [0.1, 0.15) is 21.5 Å².